The van der Waals surface area contributed by atoms with Gasteiger partial charge in [-0.3, -0.25) is 4.98 Å². The van der Waals surface area contributed by atoms with Gasteiger partial charge in [-0.15, -0.1) is 0 Å². The van der Waals surface area contributed by atoms with E-state index < -0.39 is 11.6 Å². The molecule has 0 aliphatic rings. The van der Waals surface area contributed by atoms with Gasteiger partial charge < -0.3 is 5.41 Å². The summed E-state index contributed by atoms with van der Waals surface area (Å²) in [5.74, 6) is -1.30. The molecule has 3 rings (SSSR count). The second-order valence-corrected chi connectivity index (χ2v) is 7.92. The maximum absolute atomic E-state index is 13.4. The molecule has 0 bridgehead atoms. The number of rotatable bonds is 2. The lowest BCUT2D eigenvalue weighted by molar-refractivity contribution is 0.584. The van der Waals surface area contributed by atoms with E-state index in [1.54, 1.807) is 18.3 Å². The largest absolute Gasteiger partial charge is 0.308 e. The van der Waals surface area contributed by atoms with Crippen LogP contribution in [0.1, 0.15) is 26.3 Å². The molecule has 3 aromatic rings. The van der Waals surface area contributed by atoms with Gasteiger partial charge in [0.15, 0.2) is 0 Å². The Morgan fingerprint density at radius 1 is 1.04 bits per heavy atom. The molecule has 0 fully saturated rings. The monoisotopic (exact) mass is 358 g/mol. The third-order valence-corrected chi connectivity index (χ3v) is 3.11. The normalized spacial score (nSPS) is 11.0. The lowest BCUT2D eigenvalue weighted by Gasteiger charge is -2.10. The van der Waals surface area contributed by atoms with Crippen molar-refractivity contribution in [3.05, 3.63) is 65.9 Å². The van der Waals surface area contributed by atoms with E-state index in [1.807, 2.05) is 12.1 Å². The lowest BCUT2D eigenvalue weighted by atomic mass is 9.96. The Morgan fingerprint density at radius 2 is 1.64 bits per heavy atom. The average Bonchev–Trinajstić information content (AvgIpc) is 2.51. The van der Waals surface area contributed by atoms with Gasteiger partial charge in [0, 0.05) is 39.7 Å². The molecule has 1 heterocycles. The quantitative estimate of drug-likeness (QED) is 0.435. The highest BCUT2D eigenvalue weighted by molar-refractivity contribution is 7.81. The molecule has 1 N–H and O–H groups in total. The number of nitrogens with one attached hydrogen (secondary N) is 1. The van der Waals surface area contributed by atoms with Crippen LogP contribution in [0.15, 0.2) is 48.7 Å². The summed E-state index contributed by atoms with van der Waals surface area (Å²) >= 11 is 4.12. The summed E-state index contributed by atoms with van der Waals surface area (Å²) in [6.45, 7) is 6.16. The van der Waals surface area contributed by atoms with Crippen molar-refractivity contribution in [2.45, 2.75) is 25.5 Å². The van der Waals surface area contributed by atoms with Crippen molar-refractivity contribution in [1.29, 1.82) is 5.41 Å². The number of hydrogen-bond donors (Lipinski definition) is 2. The molecule has 1 aromatic heterocycles. The molecular formula is C20H20F2N2S. The zero-order valence-corrected chi connectivity index (χ0v) is 15.2. The van der Waals surface area contributed by atoms with Gasteiger partial charge >= 0.3 is 0 Å². The fourth-order valence-corrected chi connectivity index (χ4v) is 2.28. The third-order valence-electron chi connectivity index (χ3n) is 3.11. The number of thiol groups is 1. The Labute approximate surface area is 151 Å². The highest BCUT2D eigenvalue weighted by atomic mass is 32.1. The molecule has 2 nitrogen and oxygen atoms in total. The van der Waals surface area contributed by atoms with Gasteiger partial charge in [0.2, 0.25) is 0 Å². The molecular weight excluding hydrogens is 338 g/mol. The van der Waals surface area contributed by atoms with E-state index in [9.17, 15) is 8.78 Å². The van der Waals surface area contributed by atoms with E-state index in [0.717, 1.165) is 17.7 Å². The standard InChI is InChI=1S/C16H10F2N2.C4H10S/c17-13-6-12(7-14(18)8-13)15-11(9-19)4-3-10-2-1-5-20-16(10)15;1-4(2,3)5/h1-9,19H;5H,1-3H3. The van der Waals surface area contributed by atoms with Crippen molar-refractivity contribution >= 4 is 29.7 Å². The van der Waals surface area contributed by atoms with Gasteiger partial charge in [-0.2, -0.15) is 12.6 Å². The van der Waals surface area contributed by atoms with Gasteiger partial charge in [-0.05, 0) is 23.8 Å². The van der Waals surface area contributed by atoms with Crippen LogP contribution in [0.3, 0.4) is 0 Å². The SMILES string of the molecule is CC(C)(C)S.N=Cc1ccc2cccnc2c1-c1cc(F)cc(F)c1. The van der Waals surface area contributed by atoms with Gasteiger partial charge in [0.1, 0.15) is 11.6 Å². The molecule has 2 aromatic carbocycles. The van der Waals surface area contributed by atoms with Gasteiger partial charge in [0.05, 0.1) is 5.52 Å². The Bertz CT molecular complexity index is 876. The third kappa shape index (κ3) is 5.36. The molecule has 25 heavy (non-hydrogen) atoms. The first kappa shape index (κ1) is 19.1. The molecule has 0 unspecified atom stereocenters. The zero-order chi connectivity index (χ0) is 18.6. The van der Waals surface area contributed by atoms with Crippen molar-refractivity contribution in [1.82, 2.24) is 4.98 Å². The Hall–Kier alpha value is -2.27. The number of pyridine rings is 1. The summed E-state index contributed by atoms with van der Waals surface area (Å²) < 4.78 is 27.1. The first-order valence-corrected chi connectivity index (χ1v) is 8.21. The van der Waals surface area contributed by atoms with E-state index in [1.165, 1.54) is 12.1 Å². The lowest BCUT2D eigenvalue weighted by Crippen LogP contribution is -1.99. The van der Waals surface area contributed by atoms with Crippen LogP contribution < -0.4 is 0 Å². The molecule has 0 atom stereocenters. The minimum Gasteiger partial charge on any atom is -0.308 e. The van der Waals surface area contributed by atoms with Crippen molar-refractivity contribution in [3.63, 3.8) is 0 Å². The van der Waals surface area contributed by atoms with E-state index in [-0.39, 0.29) is 4.75 Å². The summed E-state index contributed by atoms with van der Waals surface area (Å²) in [6, 6.07) is 10.6. The fraction of sp³-hybridized carbons (Fsp3) is 0.200. The van der Waals surface area contributed by atoms with Crippen molar-refractivity contribution < 1.29 is 8.78 Å². The summed E-state index contributed by atoms with van der Waals surface area (Å²) in [4.78, 5) is 4.28. The van der Waals surface area contributed by atoms with Crippen molar-refractivity contribution in [3.8, 4) is 11.1 Å². The molecule has 0 amide bonds. The fourth-order valence-electron chi connectivity index (χ4n) is 2.28. The van der Waals surface area contributed by atoms with E-state index in [4.69, 9.17) is 5.41 Å². The molecule has 0 aliphatic carbocycles. The van der Waals surface area contributed by atoms with Crippen LogP contribution >= 0.6 is 12.6 Å². The molecule has 0 aliphatic heterocycles. The van der Waals surface area contributed by atoms with Crippen LogP contribution in [0.5, 0.6) is 0 Å². The van der Waals surface area contributed by atoms with Crippen LogP contribution in [0, 0.1) is 17.0 Å². The number of nitrogens with zero attached hydrogens (tertiary/aromatic N) is 1. The number of halogens is 2. The Kier molecular flexibility index (Phi) is 5.90. The topological polar surface area (TPSA) is 36.7 Å². The van der Waals surface area contributed by atoms with Crippen molar-refractivity contribution in [2.24, 2.45) is 0 Å². The highest BCUT2D eigenvalue weighted by Crippen LogP contribution is 2.31. The molecule has 0 saturated heterocycles. The van der Waals surface area contributed by atoms with Gasteiger partial charge in [-0.25, -0.2) is 8.78 Å². The zero-order valence-electron chi connectivity index (χ0n) is 14.3. The maximum Gasteiger partial charge on any atom is 0.126 e. The van der Waals surface area contributed by atoms with E-state index >= 15 is 0 Å². The second-order valence-electron chi connectivity index (χ2n) is 6.58. The molecule has 0 saturated carbocycles. The van der Waals surface area contributed by atoms with Crippen LogP contribution in [-0.4, -0.2) is 15.9 Å². The average molecular weight is 358 g/mol. The van der Waals surface area contributed by atoms with E-state index in [0.29, 0.717) is 22.2 Å². The Morgan fingerprint density at radius 3 is 2.20 bits per heavy atom. The second kappa shape index (κ2) is 7.74. The first-order valence-electron chi connectivity index (χ1n) is 7.76. The molecule has 0 radical (unpaired) electrons. The first-order chi connectivity index (χ1) is 11.7. The summed E-state index contributed by atoms with van der Waals surface area (Å²) in [5, 5.41) is 8.34. The number of aromatic nitrogens is 1. The van der Waals surface area contributed by atoms with Crippen LogP contribution in [0.2, 0.25) is 0 Å². The van der Waals surface area contributed by atoms with Gasteiger partial charge in [0.25, 0.3) is 0 Å². The summed E-state index contributed by atoms with van der Waals surface area (Å²) in [6.07, 6.45) is 2.78. The molecule has 130 valence electrons. The predicted molar refractivity (Wildman–Crippen MR) is 104 cm³/mol. The van der Waals surface area contributed by atoms with Crippen LogP contribution in [0.25, 0.3) is 22.0 Å². The Balaban J connectivity index is 0.000000399. The predicted octanol–water partition coefficient (Wildman–Crippen LogP) is 5.89. The molecule has 5 heteroatoms. The minimum absolute atomic E-state index is 0.194. The number of fused-ring (bicyclic) bond motifs is 1. The van der Waals surface area contributed by atoms with E-state index in [2.05, 4.69) is 38.4 Å². The van der Waals surface area contributed by atoms with Gasteiger partial charge in [-0.1, -0.05) is 39.0 Å². The number of hydrogen-bond acceptors (Lipinski definition) is 3. The summed E-state index contributed by atoms with van der Waals surface area (Å²) in [7, 11) is 0. The van der Waals surface area contributed by atoms with Crippen LogP contribution in [0.4, 0.5) is 8.78 Å². The minimum atomic E-state index is -0.649. The molecule has 0 spiro atoms. The maximum atomic E-state index is 13.4. The van der Waals surface area contributed by atoms with Crippen LogP contribution in [-0.2, 0) is 0 Å². The summed E-state index contributed by atoms with van der Waals surface area (Å²) in [5.41, 5.74) is 2.14. The number of benzene rings is 2. The van der Waals surface area contributed by atoms with Crippen molar-refractivity contribution in [2.75, 3.05) is 0 Å². The smallest absolute Gasteiger partial charge is 0.126 e. The highest BCUT2D eigenvalue weighted by Gasteiger charge is 2.12.